The predicted molar refractivity (Wildman–Crippen MR) is 116 cm³/mol. The van der Waals surface area contributed by atoms with Gasteiger partial charge in [0.1, 0.15) is 12.2 Å². The number of aromatic nitrogens is 6. The summed E-state index contributed by atoms with van der Waals surface area (Å²) in [5.41, 5.74) is 3.11. The van der Waals surface area contributed by atoms with Crippen LogP contribution in [0.25, 0.3) is 11.4 Å². The number of carbonyl (C=O) groups is 1. The molecule has 0 spiro atoms. The highest BCUT2D eigenvalue weighted by Gasteiger charge is 2.14. The summed E-state index contributed by atoms with van der Waals surface area (Å²) in [7, 11) is 0. The Morgan fingerprint density at radius 2 is 1.90 bits per heavy atom. The average molecular weight is 420 g/mol. The second kappa shape index (κ2) is 8.91. The standard InChI is InChI=1S/C21H21N7OS/c1-13(2)18-25-19(27-26-18)16-5-3-4-6-17(16)24-20(29)15-9-7-14(8-10-15)11-30-21-22-12-23-28-21/h3-10,12-13H,11H2,1-2H3,(H,24,29)(H,22,23,28)(H,25,26,27). The first-order valence-corrected chi connectivity index (χ1v) is 10.5. The van der Waals surface area contributed by atoms with E-state index in [1.165, 1.54) is 6.33 Å². The number of nitrogens with zero attached hydrogens (tertiary/aromatic N) is 4. The maximum atomic E-state index is 12.8. The first-order valence-electron chi connectivity index (χ1n) is 9.50. The zero-order valence-electron chi connectivity index (χ0n) is 16.6. The van der Waals surface area contributed by atoms with Gasteiger partial charge in [-0.15, -0.1) is 0 Å². The Morgan fingerprint density at radius 3 is 2.60 bits per heavy atom. The van der Waals surface area contributed by atoms with E-state index in [1.54, 1.807) is 11.8 Å². The van der Waals surface area contributed by atoms with Gasteiger partial charge in [0.25, 0.3) is 5.91 Å². The first kappa shape index (κ1) is 19.8. The predicted octanol–water partition coefficient (Wildman–Crippen LogP) is 4.26. The molecule has 0 saturated heterocycles. The highest BCUT2D eigenvalue weighted by atomic mass is 32.2. The maximum absolute atomic E-state index is 12.8. The Morgan fingerprint density at radius 1 is 1.10 bits per heavy atom. The van der Waals surface area contributed by atoms with Crippen molar-refractivity contribution in [2.24, 2.45) is 0 Å². The fourth-order valence-corrected chi connectivity index (χ4v) is 3.54. The van der Waals surface area contributed by atoms with E-state index in [2.05, 4.69) is 35.7 Å². The van der Waals surface area contributed by atoms with Crippen molar-refractivity contribution in [3.05, 3.63) is 71.8 Å². The number of aromatic amines is 2. The molecule has 8 nitrogen and oxygen atoms in total. The Balaban J connectivity index is 1.46. The summed E-state index contributed by atoms with van der Waals surface area (Å²) < 4.78 is 0. The highest BCUT2D eigenvalue weighted by molar-refractivity contribution is 7.98. The Hall–Kier alpha value is -3.46. The molecule has 30 heavy (non-hydrogen) atoms. The van der Waals surface area contributed by atoms with E-state index in [-0.39, 0.29) is 11.8 Å². The normalized spacial score (nSPS) is 11.0. The molecule has 152 valence electrons. The van der Waals surface area contributed by atoms with Gasteiger partial charge in [0.05, 0.1) is 5.69 Å². The number of thioether (sulfide) groups is 1. The van der Waals surface area contributed by atoms with Gasteiger partial charge in [-0.2, -0.15) is 10.2 Å². The van der Waals surface area contributed by atoms with E-state index >= 15 is 0 Å². The van der Waals surface area contributed by atoms with E-state index in [4.69, 9.17) is 0 Å². The molecular weight excluding hydrogens is 398 g/mol. The zero-order chi connectivity index (χ0) is 20.9. The van der Waals surface area contributed by atoms with Crippen LogP contribution in [0.3, 0.4) is 0 Å². The van der Waals surface area contributed by atoms with Crippen LogP contribution in [0.1, 0.15) is 41.5 Å². The van der Waals surface area contributed by atoms with Crippen LogP contribution in [0.5, 0.6) is 0 Å². The van der Waals surface area contributed by atoms with E-state index in [9.17, 15) is 4.79 Å². The van der Waals surface area contributed by atoms with Gasteiger partial charge in [-0.25, -0.2) is 9.97 Å². The van der Waals surface area contributed by atoms with Crippen LogP contribution >= 0.6 is 11.8 Å². The molecule has 0 aliphatic rings. The molecular formula is C21H21N7OS. The summed E-state index contributed by atoms with van der Waals surface area (Å²) in [5.74, 6) is 2.17. The van der Waals surface area contributed by atoms with Gasteiger partial charge in [0.2, 0.25) is 0 Å². The van der Waals surface area contributed by atoms with Gasteiger partial charge in [-0.3, -0.25) is 15.0 Å². The second-order valence-corrected chi connectivity index (χ2v) is 7.94. The fraction of sp³-hybridized carbons (Fsp3) is 0.190. The molecule has 0 unspecified atom stereocenters. The third kappa shape index (κ3) is 4.57. The van der Waals surface area contributed by atoms with Crippen LogP contribution in [0.2, 0.25) is 0 Å². The van der Waals surface area contributed by atoms with Crippen molar-refractivity contribution in [2.75, 3.05) is 5.32 Å². The van der Waals surface area contributed by atoms with Crippen LogP contribution < -0.4 is 5.32 Å². The molecule has 9 heteroatoms. The maximum Gasteiger partial charge on any atom is 0.255 e. The van der Waals surface area contributed by atoms with Gasteiger partial charge in [-0.1, -0.05) is 49.9 Å². The summed E-state index contributed by atoms with van der Waals surface area (Å²) >= 11 is 1.55. The summed E-state index contributed by atoms with van der Waals surface area (Å²) in [6, 6.07) is 15.0. The molecule has 1 amide bonds. The largest absolute Gasteiger partial charge is 0.321 e. The zero-order valence-corrected chi connectivity index (χ0v) is 17.4. The van der Waals surface area contributed by atoms with Crippen molar-refractivity contribution in [3.8, 4) is 11.4 Å². The Labute approximate surface area is 177 Å². The number of amides is 1. The van der Waals surface area contributed by atoms with Crippen molar-refractivity contribution >= 4 is 23.4 Å². The van der Waals surface area contributed by atoms with E-state index < -0.39 is 0 Å². The molecule has 3 N–H and O–H groups in total. The summed E-state index contributed by atoms with van der Waals surface area (Å²) in [5, 5.41) is 17.6. The third-order valence-corrected chi connectivity index (χ3v) is 5.40. The lowest BCUT2D eigenvalue weighted by Gasteiger charge is -2.09. The number of carbonyl (C=O) groups excluding carboxylic acids is 1. The molecule has 0 saturated carbocycles. The number of rotatable bonds is 7. The van der Waals surface area contributed by atoms with Gasteiger partial charge in [0, 0.05) is 22.8 Å². The topological polar surface area (TPSA) is 112 Å². The van der Waals surface area contributed by atoms with E-state index in [0.717, 1.165) is 27.9 Å². The molecule has 0 aliphatic carbocycles. The van der Waals surface area contributed by atoms with Gasteiger partial charge < -0.3 is 5.32 Å². The number of H-pyrrole nitrogens is 2. The number of anilines is 1. The van der Waals surface area contributed by atoms with E-state index in [1.807, 2.05) is 62.4 Å². The van der Waals surface area contributed by atoms with Crippen molar-refractivity contribution in [1.29, 1.82) is 0 Å². The highest BCUT2D eigenvalue weighted by Crippen LogP contribution is 2.26. The molecule has 2 heterocycles. The van der Waals surface area contributed by atoms with Crippen molar-refractivity contribution < 1.29 is 4.79 Å². The molecule has 4 aromatic rings. The summed E-state index contributed by atoms with van der Waals surface area (Å²) in [4.78, 5) is 21.4. The number of hydrogen-bond acceptors (Lipinski definition) is 6. The number of para-hydroxylation sites is 1. The summed E-state index contributed by atoms with van der Waals surface area (Å²) in [6.07, 6.45) is 1.48. The van der Waals surface area contributed by atoms with Crippen molar-refractivity contribution in [1.82, 2.24) is 30.4 Å². The number of nitrogens with one attached hydrogen (secondary N) is 3. The summed E-state index contributed by atoms with van der Waals surface area (Å²) in [6.45, 7) is 4.09. The molecule has 0 atom stereocenters. The first-order chi connectivity index (χ1) is 14.6. The monoisotopic (exact) mass is 419 g/mol. The van der Waals surface area contributed by atoms with Gasteiger partial charge in [0.15, 0.2) is 11.0 Å². The van der Waals surface area contributed by atoms with Crippen LogP contribution in [0.15, 0.2) is 60.0 Å². The third-order valence-electron chi connectivity index (χ3n) is 4.45. The van der Waals surface area contributed by atoms with Crippen molar-refractivity contribution in [2.45, 2.75) is 30.7 Å². The lowest BCUT2D eigenvalue weighted by molar-refractivity contribution is 0.102. The fourth-order valence-electron chi connectivity index (χ4n) is 2.80. The van der Waals surface area contributed by atoms with Gasteiger partial charge >= 0.3 is 0 Å². The minimum Gasteiger partial charge on any atom is -0.321 e. The molecule has 2 aromatic heterocycles. The Kier molecular flexibility index (Phi) is 5.89. The molecule has 0 bridgehead atoms. The lowest BCUT2D eigenvalue weighted by atomic mass is 10.1. The van der Waals surface area contributed by atoms with Crippen LogP contribution in [-0.4, -0.2) is 36.3 Å². The number of hydrogen-bond donors (Lipinski definition) is 3. The minimum atomic E-state index is -0.184. The molecule has 0 aliphatic heterocycles. The Bertz CT molecular complexity index is 1120. The average Bonchev–Trinajstić information content (AvgIpc) is 3.45. The minimum absolute atomic E-state index is 0.184. The van der Waals surface area contributed by atoms with Crippen LogP contribution in [-0.2, 0) is 5.75 Å². The van der Waals surface area contributed by atoms with Crippen LogP contribution in [0.4, 0.5) is 5.69 Å². The molecule has 0 radical (unpaired) electrons. The smallest absolute Gasteiger partial charge is 0.255 e. The molecule has 0 fully saturated rings. The number of benzene rings is 2. The van der Waals surface area contributed by atoms with Crippen molar-refractivity contribution in [3.63, 3.8) is 0 Å². The van der Waals surface area contributed by atoms with E-state index in [0.29, 0.717) is 17.1 Å². The SMILES string of the molecule is CC(C)c1nc(-c2ccccc2NC(=O)c2ccc(CSc3ncn[nH]3)cc2)n[nH]1. The van der Waals surface area contributed by atoms with Gasteiger partial charge in [-0.05, 0) is 29.8 Å². The molecule has 4 rings (SSSR count). The second-order valence-electron chi connectivity index (χ2n) is 6.97. The quantitative estimate of drug-likeness (QED) is 0.386. The van der Waals surface area contributed by atoms with Crippen LogP contribution in [0, 0.1) is 0 Å². The lowest BCUT2D eigenvalue weighted by Crippen LogP contribution is -2.12. The molecule has 2 aromatic carbocycles.